The first-order valence-corrected chi connectivity index (χ1v) is 9.84. The van der Waals surface area contributed by atoms with Crippen molar-refractivity contribution in [2.45, 2.75) is 0 Å². The van der Waals surface area contributed by atoms with Crippen molar-refractivity contribution in [1.29, 1.82) is 0 Å². The predicted molar refractivity (Wildman–Crippen MR) is 116 cm³/mol. The van der Waals surface area contributed by atoms with Crippen LogP contribution in [0.5, 0.6) is 0 Å². The summed E-state index contributed by atoms with van der Waals surface area (Å²) in [6.07, 6.45) is 3.09. The fraction of sp³-hybridized carbons (Fsp3) is 0. The first-order valence-electron chi connectivity index (χ1n) is 8.23. The van der Waals surface area contributed by atoms with Crippen molar-refractivity contribution < 1.29 is 9.34 Å². The Morgan fingerprint density at radius 1 is 1.21 bits per heavy atom. The number of fused-ring (bicyclic) bond motifs is 1. The lowest BCUT2D eigenvalue weighted by Gasteiger charge is -2.00. The van der Waals surface area contributed by atoms with Crippen molar-refractivity contribution in [1.82, 2.24) is 4.98 Å². The van der Waals surface area contributed by atoms with Gasteiger partial charge in [-0.05, 0) is 42.0 Å². The minimum Gasteiger partial charge on any atom is -0.422 e. The van der Waals surface area contributed by atoms with E-state index in [2.05, 4.69) is 31.4 Å². The summed E-state index contributed by atoms with van der Waals surface area (Å²) >= 11 is 4.66. The molecular weight excluding hydrogens is 460 g/mol. The molecule has 2 aromatic heterocycles. The number of hydrazone groups is 1. The molecule has 0 aliphatic carbocycles. The van der Waals surface area contributed by atoms with Crippen LogP contribution < -0.4 is 11.1 Å². The maximum atomic E-state index is 12.3. The summed E-state index contributed by atoms with van der Waals surface area (Å²) in [4.78, 5) is 27.4. The molecule has 0 unspecified atom stereocenters. The average molecular weight is 471 g/mol. The second kappa shape index (κ2) is 7.94. The molecule has 0 saturated carbocycles. The van der Waals surface area contributed by atoms with Crippen LogP contribution in [0.4, 0.5) is 10.8 Å². The Morgan fingerprint density at radius 2 is 2.00 bits per heavy atom. The third-order valence-corrected chi connectivity index (χ3v) is 5.37. The van der Waals surface area contributed by atoms with Gasteiger partial charge in [-0.25, -0.2) is 9.78 Å². The summed E-state index contributed by atoms with van der Waals surface area (Å²) in [6.45, 7) is 0. The van der Waals surface area contributed by atoms with Gasteiger partial charge in [0.15, 0.2) is 0 Å². The van der Waals surface area contributed by atoms with E-state index in [9.17, 15) is 14.9 Å². The molecule has 4 aromatic rings. The monoisotopic (exact) mass is 470 g/mol. The van der Waals surface area contributed by atoms with Gasteiger partial charge in [-0.1, -0.05) is 27.3 Å². The largest absolute Gasteiger partial charge is 0.422 e. The fourth-order valence-electron chi connectivity index (χ4n) is 2.56. The quantitative estimate of drug-likeness (QED) is 0.189. The maximum Gasteiger partial charge on any atom is 0.345 e. The second-order valence-electron chi connectivity index (χ2n) is 5.88. The number of nitro groups is 1. The van der Waals surface area contributed by atoms with Gasteiger partial charge in [0, 0.05) is 28.2 Å². The van der Waals surface area contributed by atoms with E-state index in [1.54, 1.807) is 30.5 Å². The van der Waals surface area contributed by atoms with Gasteiger partial charge in [0.2, 0.25) is 5.13 Å². The summed E-state index contributed by atoms with van der Waals surface area (Å²) in [5.74, 6) is 0. The van der Waals surface area contributed by atoms with Crippen molar-refractivity contribution in [2.24, 2.45) is 5.10 Å². The lowest BCUT2D eigenvalue weighted by atomic mass is 10.2. The zero-order valence-corrected chi connectivity index (χ0v) is 16.9. The Bertz CT molecular complexity index is 1300. The van der Waals surface area contributed by atoms with Crippen LogP contribution in [-0.4, -0.2) is 16.1 Å². The molecule has 0 aliphatic rings. The standard InChI is InChI=1S/C19H11BrN4O4S/c20-13-3-6-16-12(7-13)8-15(18(25)28-16)17-10-21-19(29-17)23-22-9-11-1-4-14(5-2-11)24(26)27/h1-10H,(H,21,23). The number of halogens is 1. The molecule has 8 nitrogen and oxygen atoms in total. The molecule has 4 rings (SSSR count). The third kappa shape index (κ3) is 4.23. The van der Waals surface area contributed by atoms with Crippen molar-refractivity contribution in [3.8, 4) is 10.4 Å². The van der Waals surface area contributed by atoms with Gasteiger partial charge in [-0.3, -0.25) is 15.5 Å². The molecule has 1 N–H and O–H groups in total. The number of thiazole rings is 1. The van der Waals surface area contributed by atoms with Gasteiger partial charge < -0.3 is 4.42 Å². The number of nitrogens with one attached hydrogen (secondary N) is 1. The smallest absolute Gasteiger partial charge is 0.345 e. The first-order chi connectivity index (χ1) is 14.0. The Kier molecular flexibility index (Phi) is 5.19. The minimum atomic E-state index is -0.460. The lowest BCUT2D eigenvalue weighted by molar-refractivity contribution is -0.384. The lowest BCUT2D eigenvalue weighted by Crippen LogP contribution is -2.01. The average Bonchev–Trinajstić information content (AvgIpc) is 3.17. The van der Waals surface area contributed by atoms with Gasteiger partial charge in [-0.2, -0.15) is 5.10 Å². The van der Waals surface area contributed by atoms with Crippen molar-refractivity contribution in [3.63, 3.8) is 0 Å². The van der Waals surface area contributed by atoms with Gasteiger partial charge in [0.25, 0.3) is 5.69 Å². The molecule has 144 valence electrons. The molecule has 0 amide bonds. The summed E-state index contributed by atoms with van der Waals surface area (Å²) in [5.41, 5.74) is 3.99. The summed E-state index contributed by atoms with van der Waals surface area (Å²) in [7, 11) is 0. The van der Waals surface area contributed by atoms with E-state index in [0.717, 1.165) is 9.86 Å². The van der Waals surface area contributed by atoms with Crippen LogP contribution in [0.3, 0.4) is 0 Å². The highest BCUT2D eigenvalue weighted by Crippen LogP contribution is 2.29. The minimum absolute atomic E-state index is 0.0147. The van der Waals surface area contributed by atoms with Crippen LogP contribution in [0, 0.1) is 10.1 Å². The SMILES string of the molecule is O=c1oc2ccc(Br)cc2cc1-c1cnc(NN=Cc2ccc([N+](=O)[O-])cc2)s1. The van der Waals surface area contributed by atoms with Crippen molar-refractivity contribution in [3.05, 3.63) is 85.3 Å². The number of benzene rings is 2. The number of anilines is 1. The zero-order valence-electron chi connectivity index (χ0n) is 14.5. The molecule has 2 heterocycles. The third-order valence-electron chi connectivity index (χ3n) is 3.94. The van der Waals surface area contributed by atoms with E-state index in [4.69, 9.17) is 4.42 Å². The van der Waals surface area contributed by atoms with Crippen LogP contribution in [-0.2, 0) is 0 Å². The molecule has 2 aromatic carbocycles. The molecule has 29 heavy (non-hydrogen) atoms. The van der Waals surface area contributed by atoms with E-state index in [-0.39, 0.29) is 5.69 Å². The molecular formula is C19H11BrN4O4S. The maximum absolute atomic E-state index is 12.3. The van der Waals surface area contributed by atoms with Crippen LogP contribution >= 0.6 is 27.3 Å². The van der Waals surface area contributed by atoms with E-state index >= 15 is 0 Å². The van der Waals surface area contributed by atoms with Gasteiger partial charge >= 0.3 is 5.63 Å². The van der Waals surface area contributed by atoms with Crippen molar-refractivity contribution >= 4 is 55.3 Å². The molecule has 0 radical (unpaired) electrons. The van der Waals surface area contributed by atoms with Crippen LogP contribution in [0.1, 0.15) is 5.56 Å². The van der Waals surface area contributed by atoms with Crippen LogP contribution in [0.15, 0.2) is 73.5 Å². The summed E-state index contributed by atoms with van der Waals surface area (Å²) in [5, 5.41) is 16.0. The van der Waals surface area contributed by atoms with Crippen LogP contribution in [0.2, 0.25) is 0 Å². The zero-order chi connectivity index (χ0) is 20.4. The highest BCUT2D eigenvalue weighted by atomic mass is 79.9. The number of hydrogen-bond donors (Lipinski definition) is 1. The number of hydrogen-bond acceptors (Lipinski definition) is 8. The normalized spacial score (nSPS) is 11.2. The van der Waals surface area contributed by atoms with E-state index in [1.165, 1.54) is 29.7 Å². The second-order valence-corrected chi connectivity index (χ2v) is 7.82. The van der Waals surface area contributed by atoms with E-state index < -0.39 is 10.5 Å². The Hall–Kier alpha value is -3.37. The highest BCUT2D eigenvalue weighted by Gasteiger charge is 2.11. The van der Waals surface area contributed by atoms with Gasteiger partial charge in [0.1, 0.15) is 5.58 Å². The number of nitrogens with zero attached hydrogens (tertiary/aromatic N) is 3. The predicted octanol–water partition coefficient (Wildman–Crippen LogP) is 5.03. The molecule has 0 spiro atoms. The number of nitro benzene ring substituents is 1. The molecule has 10 heteroatoms. The Labute approximate surface area is 175 Å². The van der Waals surface area contributed by atoms with E-state index in [0.29, 0.717) is 26.7 Å². The molecule has 0 bridgehead atoms. The molecule has 0 saturated heterocycles. The Morgan fingerprint density at radius 3 is 2.76 bits per heavy atom. The summed E-state index contributed by atoms with van der Waals surface area (Å²) < 4.78 is 6.27. The summed E-state index contributed by atoms with van der Waals surface area (Å²) in [6, 6.07) is 13.2. The van der Waals surface area contributed by atoms with E-state index in [1.807, 2.05) is 12.1 Å². The van der Waals surface area contributed by atoms with Crippen LogP contribution in [0.25, 0.3) is 21.4 Å². The molecule has 0 atom stereocenters. The fourth-order valence-corrected chi connectivity index (χ4v) is 3.71. The van der Waals surface area contributed by atoms with Gasteiger partial charge in [-0.15, -0.1) is 0 Å². The highest BCUT2D eigenvalue weighted by molar-refractivity contribution is 9.10. The first kappa shape index (κ1) is 19.0. The van der Waals surface area contributed by atoms with Crippen molar-refractivity contribution in [2.75, 3.05) is 5.43 Å². The number of rotatable bonds is 5. The number of non-ortho nitro benzene ring substituents is 1. The topological polar surface area (TPSA) is 111 Å². The Balaban J connectivity index is 1.52. The molecule has 0 aliphatic heterocycles. The number of aromatic nitrogens is 1. The molecule has 0 fully saturated rings. The van der Waals surface area contributed by atoms with Gasteiger partial charge in [0.05, 0.1) is 21.6 Å².